The highest BCUT2D eigenvalue weighted by Gasteiger charge is 2.52. The molecular formula is C24H27ClN4O5. The molecule has 1 aromatic carbocycles. The number of furan rings is 1. The quantitative estimate of drug-likeness (QED) is 0.603. The van der Waals surface area contributed by atoms with Crippen molar-refractivity contribution in [1.82, 2.24) is 15.1 Å². The fourth-order valence-corrected chi connectivity index (χ4v) is 4.83. The number of Topliss-reactive ketones (excluding diaryl/α,β-unsaturated/α-hetero) is 1. The number of ketones is 1. The van der Waals surface area contributed by atoms with E-state index >= 15 is 0 Å². The lowest BCUT2D eigenvalue weighted by molar-refractivity contribution is -0.138. The molecule has 10 heteroatoms. The summed E-state index contributed by atoms with van der Waals surface area (Å²) in [5, 5.41) is 2.91. The van der Waals surface area contributed by atoms with Gasteiger partial charge in [0.2, 0.25) is 5.91 Å². The van der Waals surface area contributed by atoms with E-state index in [2.05, 4.69) is 5.32 Å². The standard InChI is InChI=1S/C24H27ClN4O5/c1-13(2)11-16(27-22(31)14-3-5-15(26)6-4-14)23(32)28-10-9-17-21(28)18(30)12-29(17)24(33)19-7-8-20(25)34-19/h3-8,13,16-17,21H,9-12,26H2,1-2H3,(H,27,31). The largest absolute Gasteiger partial charge is 0.440 e. The Morgan fingerprint density at radius 3 is 2.47 bits per heavy atom. The van der Waals surface area contributed by atoms with Gasteiger partial charge in [0.25, 0.3) is 11.8 Å². The highest BCUT2D eigenvalue weighted by molar-refractivity contribution is 6.29. The molecule has 0 aliphatic carbocycles. The number of likely N-dealkylation sites (tertiary alicyclic amines) is 2. The number of carbonyl (C=O) groups is 4. The topological polar surface area (TPSA) is 126 Å². The average molecular weight is 487 g/mol. The van der Waals surface area contributed by atoms with Crippen LogP contribution in [0.2, 0.25) is 5.22 Å². The number of rotatable bonds is 6. The zero-order chi connectivity index (χ0) is 24.6. The minimum Gasteiger partial charge on any atom is -0.440 e. The number of hydrogen-bond donors (Lipinski definition) is 2. The van der Waals surface area contributed by atoms with Crippen LogP contribution in [0.25, 0.3) is 0 Å². The second-order valence-electron chi connectivity index (χ2n) is 9.11. The first-order valence-electron chi connectivity index (χ1n) is 11.2. The molecule has 3 unspecified atom stereocenters. The Labute approximate surface area is 202 Å². The van der Waals surface area contributed by atoms with Crippen molar-refractivity contribution in [3.8, 4) is 0 Å². The van der Waals surface area contributed by atoms with Crippen LogP contribution in [-0.2, 0) is 9.59 Å². The summed E-state index contributed by atoms with van der Waals surface area (Å²) in [5.74, 6) is -1.18. The molecule has 1 aromatic heterocycles. The summed E-state index contributed by atoms with van der Waals surface area (Å²) in [6.07, 6.45) is 0.873. The number of fused-ring (bicyclic) bond motifs is 1. The maximum absolute atomic E-state index is 13.5. The van der Waals surface area contributed by atoms with Crippen LogP contribution in [0.5, 0.6) is 0 Å². The monoisotopic (exact) mass is 486 g/mol. The molecule has 2 saturated heterocycles. The van der Waals surface area contributed by atoms with Crippen molar-refractivity contribution in [1.29, 1.82) is 0 Å². The summed E-state index contributed by atoms with van der Waals surface area (Å²) >= 11 is 5.79. The molecule has 0 spiro atoms. The molecule has 2 fully saturated rings. The van der Waals surface area contributed by atoms with Crippen LogP contribution in [0, 0.1) is 5.92 Å². The number of nitrogens with two attached hydrogens (primary N) is 1. The summed E-state index contributed by atoms with van der Waals surface area (Å²) < 4.78 is 5.22. The molecule has 2 aliphatic rings. The highest BCUT2D eigenvalue weighted by Crippen LogP contribution is 2.32. The molecule has 34 heavy (non-hydrogen) atoms. The first-order chi connectivity index (χ1) is 16.2. The van der Waals surface area contributed by atoms with Crippen molar-refractivity contribution < 1.29 is 23.6 Å². The molecule has 2 aromatic rings. The van der Waals surface area contributed by atoms with Crippen molar-refractivity contribution in [2.45, 2.75) is 44.8 Å². The Morgan fingerprint density at radius 2 is 1.85 bits per heavy atom. The zero-order valence-electron chi connectivity index (χ0n) is 19.0. The van der Waals surface area contributed by atoms with Gasteiger partial charge in [0.15, 0.2) is 16.8 Å². The Bertz CT molecular complexity index is 1110. The fraction of sp³-hybridized carbons (Fsp3) is 0.417. The zero-order valence-corrected chi connectivity index (χ0v) is 19.7. The van der Waals surface area contributed by atoms with E-state index in [1.54, 1.807) is 24.3 Å². The van der Waals surface area contributed by atoms with Crippen LogP contribution in [0.1, 0.15) is 47.6 Å². The van der Waals surface area contributed by atoms with E-state index < -0.39 is 24.0 Å². The molecule has 0 radical (unpaired) electrons. The summed E-state index contributed by atoms with van der Waals surface area (Å²) in [7, 11) is 0. The Morgan fingerprint density at radius 1 is 1.15 bits per heavy atom. The van der Waals surface area contributed by atoms with Gasteiger partial charge in [-0.15, -0.1) is 0 Å². The van der Waals surface area contributed by atoms with E-state index in [4.69, 9.17) is 21.8 Å². The Kier molecular flexibility index (Phi) is 6.65. The Balaban J connectivity index is 1.51. The van der Waals surface area contributed by atoms with Gasteiger partial charge in [0, 0.05) is 17.8 Å². The number of benzene rings is 1. The first kappa shape index (κ1) is 23.8. The van der Waals surface area contributed by atoms with Gasteiger partial charge in [0.1, 0.15) is 12.1 Å². The maximum atomic E-state index is 13.5. The molecule has 9 nitrogen and oxygen atoms in total. The summed E-state index contributed by atoms with van der Waals surface area (Å²) in [4.78, 5) is 55.1. The van der Waals surface area contributed by atoms with Crippen LogP contribution < -0.4 is 11.1 Å². The van der Waals surface area contributed by atoms with Crippen LogP contribution in [0.3, 0.4) is 0 Å². The van der Waals surface area contributed by atoms with Gasteiger partial charge in [-0.2, -0.15) is 0 Å². The number of hydrogen-bond acceptors (Lipinski definition) is 6. The lowest BCUT2D eigenvalue weighted by atomic mass is 10.0. The predicted molar refractivity (Wildman–Crippen MR) is 125 cm³/mol. The molecule has 3 N–H and O–H groups in total. The third-order valence-corrected chi connectivity index (χ3v) is 6.44. The summed E-state index contributed by atoms with van der Waals surface area (Å²) in [6.45, 7) is 4.12. The van der Waals surface area contributed by atoms with Crippen molar-refractivity contribution in [2.24, 2.45) is 5.92 Å². The number of amides is 3. The second-order valence-corrected chi connectivity index (χ2v) is 9.49. The molecule has 3 heterocycles. The SMILES string of the molecule is CC(C)CC(NC(=O)c1ccc(N)cc1)C(=O)N1CCC2C1C(=O)CN2C(=O)c1ccc(Cl)o1. The molecule has 3 atom stereocenters. The second kappa shape index (κ2) is 9.50. The van der Waals surface area contributed by atoms with E-state index in [1.165, 1.54) is 21.9 Å². The van der Waals surface area contributed by atoms with Crippen LogP contribution >= 0.6 is 11.6 Å². The lowest BCUT2D eigenvalue weighted by Gasteiger charge is -2.29. The van der Waals surface area contributed by atoms with Crippen LogP contribution in [0.4, 0.5) is 5.69 Å². The lowest BCUT2D eigenvalue weighted by Crippen LogP contribution is -2.53. The van der Waals surface area contributed by atoms with E-state index in [-0.39, 0.29) is 41.0 Å². The van der Waals surface area contributed by atoms with Gasteiger partial charge in [0.05, 0.1) is 12.6 Å². The van der Waals surface area contributed by atoms with Gasteiger partial charge in [-0.3, -0.25) is 19.2 Å². The minimum atomic E-state index is -0.801. The van der Waals surface area contributed by atoms with Gasteiger partial charge >= 0.3 is 0 Å². The highest BCUT2D eigenvalue weighted by atomic mass is 35.5. The molecule has 2 aliphatic heterocycles. The molecule has 0 bridgehead atoms. The van der Waals surface area contributed by atoms with Crippen molar-refractivity contribution in [3.05, 3.63) is 52.9 Å². The number of carbonyl (C=O) groups excluding carboxylic acids is 4. The smallest absolute Gasteiger partial charge is 0.290 e. The van der Waals surface area contributed by atoms with Gasteiger partial charge in [-0.05, 0) is 66.8 Å². The van der Waals surface area contributed by atoms with Crippen molar-refractivity contribution >= 4 is 40.8 Å². The van der Waals surface area contributed by atoms with E-state index in [1.807, 2.05) is 13.8 Å². The van der Waals surface area contributed by atoms with Crippen molar-refractivity contribution in [3.63, 3.8) is 0 Å². The first-order valence-corrected chi connectivity index (χ1v) is 11.6. The third-order valence-electron chi connectivity index (χ3n) is 6.23. The number of nitrogens with zero attached hydrogens (tertiary/aromatic N) is 2. The number of halogens is 1. The molecule has 180 valence electrons. The Hall–Kier alpha value is -3.33. The maximum Gasteiger partial charge on any atom is 0.290 e. The molecule has 3 amide bonds. The van der Waals surface area contributed by atoms with Crippen molar-refractivity contribution in [2.75, 3.05) is 18.8 Å². The normalized spacial score (nSPS) is 20.5. The molecular weight excluding hydrogens is 460 g/mol. The third kappa shape index (κ3) is 4.65. The van der Waals surface area contributed by atoms with Gasteiger partial charge < -0.3 is 25.3 Å². The van der Waals surface area contributed by atoms with E-state index in [0.717, 1.165) is 0 Å². The van der Waals surface area contributed by atoms with E-state index in [0.29, 0.717) is 30.6 Å². The number of nitrogen functional groups attached to an aromatic ring is 1. The summed E-state index contributed by atoms with van der Waals surface area (Å²) in [5.41, 5.74) is 6.62. The van der Waals surface area contributed by atoms with Crippen LogP contribution in [0.15, 0.2) is 40.8 Å². The molecule has 4 rings (SSSR count). The molecule has 0 saturated carbocycles. The number of anilines is 1. The van der Waals surface area contributed by atoms with E-state index in [9.17, 15) is 19.2 Å². The predicted octanol–water partition coefficient (Wildman–Crippen LogP) is 2.35. The van der Waals surface area contributed by atoms with Gasteiger partial charge in [-0.25, -0.2) is 0 Å². The van der Waals surface area contributed by atoms with Crippen LogP contribution in [-0.4, -0.2) is 64.5 Å². The van der Waals surface area contributed by atoms with Gasteiger partial charge in [-0.1, -0.05) is 13.8 Å². The minimum absolute atomic E-state index is 0.0525. The average Bonchev–Trinajstić information content (AvgIpc) is 3.49. The fourth-order valence-electron chi connectivity index (χ4n) is 4.68. The number of nitrogens with one attached hydrogen (secondary N) is 1. The summed E-state index contributed by atoms with van der Waals surface area (Å²) in [6, 6.07) is 7.37.